The van der Waals surface area contributed by atoms with E-state index in [4.69, 9.17) is 9.47 Å². The summed E-state index contributed by atoms with van der Waals surface area (Å²) in [5.74, 6) is 1.08. The molecule has 7 heteroatoms. The van der Waals surface area contributed by atoms with Crippen molar-refractivity contribution in [1.29, 1.82) is 0 Å². The van der Waals surface area contributed by atoms with E-state index in [9.17, 15) is 9.59 Å². The third-order valence-electron chi connectivity index (χ3n) is 7.60. The summed E-state index contributed by atoms with van der Waals surface area (Å²) < 4.78 is 10.9. The highest BCUT2D eigenvalue weighted by atomic mass is 16.5. The zero-order valence-electron chi connectivity index (χ0n) is 22.1. The number of nitrogens with one attached hydrogen (secondary N) is 1. The number of fused-ring (bicyclic) bond motifs is 1. The Balaban J connectivity index is 1.27. The highest BCUT2D eigenvalue weighted by Gasteiger charge is 2.35. The lowest BCUT2D eigenvalue weighted by molar-refractivity contribution is -0.123. The Hall–Kier alpha value is -3.84. The number of amides is 2. The van der Waals surface area contributed by atoms with E-state index in [-0.39, 0.29) is 24.3 Å². The molecule has 5 rings (SSSR count). The molecule has 1 fully saturated rings. The van der Waals surface area contributed by atoms with Crippen molar-refractivity contribution in [3.63, 3.8) is 0 Å². The van der Waals surface area contributed by atoms with Crippen molar-refractivity contribution in [1.82, 2.24) is 15.1 Å². The number of methoxy groups -OCH3 is 2. The second-order valence-corrected chi connectivity index (χ2v) is 10.0. The maximum atomic E-state index is 13.4. The van der Waals surface area contributed by atoms with Gasteiger partial charge >= 0.3 is 0 Å². The summed E-state index contributed by atoms with van der Waals surface area (Å²) in [5.41, 5.74) is 3.83. The number of benzene rings is 3. The fourth-order valence-electron chi connectivity index (χ4n) is 5.54. The highest BCUT2D eigenvalue weighted by molar-refractivity contribution is 5.98. The summed E-state index contributed by atoms with van der Waals surface area (Å²) in [4.78, 5) is 31.0. The maximum Gasteiger partial charge on any atom is 0.255 e. The number of hydrogen-bond donors (Lipinski definition) is 1. The van der Waals surface area contributed by atoms with Gasteiger partial charge in [0.25, 0.3) is 5.91 Å². The van der Waals surface area contributed by atoms with E-state index in [1.54, 1.807) is 19.1 Å². The van der Waals surface area contributed by atoms with E-state index in [1.165, 1.54) is 5.56 Å². The SMILES string of the molecule is COc1ccc(C(CC(=O)NC2CCN(Cc3ccccc3)CC2)N2Cc3ccccc3C2=O)cc1OC. The van der Waals surface area contributed by atoms with Crippen molar-refractivity contribution in [2.75, 3.05) is 27.3 Å². The Morgan fingerprint density at radius 2 is 1.66 bits per heavy atom. The lowest BCUT2D eigenvalue weighted by Crippen LogP contribution is -2.45. The summed E-state index contributed by atoms with van der Waals surface area (Å²) in [6.07, 6.45) is 2.00. The molecule has 0 aliphatic carbocycles. The lowest BCUT2D eigenvalue weighted by Gasteiger charge is -2.33. The summed E-state index contributed by atoms with van der Waals surface area (Å²) in [6.45, 7) is 3.29. The van der Waals surface area contributed by atoms with Gasteiger partial charge in [0.15, 0.2) is 11.5 Å². The number of likely N-dealkylation sites (tertiary alicyclic amines) is 1. The van der Waals surface area contributed by atoms with Crippen molar-refractivity contribution < 1.29 is 19.1 Å². The molecule has 3 aromatic carbocycles. The Kier molecular flexibility index (Phi) is 7.94. The van der Waals surface area contributed by atoms with E-state index in [2.05, 4.69) is 34.5 Å². The van der Waals surface area contributed by atoms with Crippen molar-refractivity contribution in [2.24, 2.45) is 0 Å². The average molecular weight is 514 g/mol. The normalized spacial score (nSPS) is 16.7. The summed E-state index contributed by atoms with van der Waals surface area (Å²) in [7, 11) is 3.18. The Morgan fingerprint density at radius 3 is 2.37 bits per heavy atom. The van der Waals surface area contributed by atoms with Crippen molar-refractivity contribution in [3.8, 4) is 11.5 Å². The number of piperidine rings is 1. The van der Waals surface area contributed by atoms with Crippen LogP contribution in [0.4, 0.5) is 0 Å². The first-order valence-corrected chi connectivity index (χ1v) is 13.2. The smallest absolute Gasteiger partial charge is 0.255 e. The molecule has 0 aromatic heterocycles. The molecule has 2 aliphatic heterocycles. The minimum absolute atomic E-state index is 0.0462. The van der Waals surface area contributed by atoms with Gasteiger partial charge in [-0.15, -0.1) is 0 Å². The largest absolute Gasteiger partial charge is 0.493 e. The fourth-order valence-corrected chi connectivity index (χ4v) is 5.54. The third-order valence-corrected chi connectivity index (χ3v) is 7.60. The molecular formula is C31H35N3O4. The molecule has 2 amide bonds. The van der Waals surface area contributed by atoms with Gasteiger partial charge < -0.3 is 19.7 Å². The lowest BCUT2D eigenvalue weighted by atomic mass is 9.99. The van der Waals surface area contributed by atoms with E-state index in [1.807, 2.05) is 48.5 Å². The van der Waals surface area contributed by atoms with Crippen LogP contribution in [0.5, 0.6) is 11.5 Å². The van der Waals surface area contributed by atoms with Gasteiger partial charge in [0, 0.05) is 37.8 Å². The topological polar surface area (TPSA) is 71.1 Å². The Morgan fingerprint density at radius 1 is 0.947 bits per heavy atom. The van der Waals surface area contributed by atoms with Gasteiger partial charge in [-0.25, -0.2) is 0 Å². The molecule has 1 N–H and O–H groups in total. The maximum absolute atomic E-state index is 13.4. The molecule has 0 radical (unpaired) electrons. The number of hydrogen-bond acceptors (Lipinski definition) is 5. The first-order valence-electron chi connectivity index (χ1n) is 13.2. The Bertz CT molecular complexity index is 1270. The van der Waals surface area contributed by atoms with Gasteiger partial charge in [-0.3, -0.25) is 14.5 Å². The molecule has 0 spiro atoms. The minimum Gasteiger partial charge on any atom is -0.493 e. The van der Waals surface area contributed by atoms with E-state index >= 15 is 0 Å². The van der Waals surface area contributed by atoms with Crippen LogP contribution >= 0.6 is 0 Å². The molecule has 0 saturated carbocycles. The van der Waals surface area contributed by atoms with Crippen molar-refractivity contribution in [3.05, 3.63) is 95.1 Å². The molecule has 38 heavy (non-hydrogen) atoms. The monoisotopic (exact) mass is 513 g/mol. The summed E-state index contributed by atoms with van der Waals surface area (Å²) in [6, 6.07) is 23.5. The molecule has 7 nitrogen and oxygen atoms in total. The molecule has 0 bridgehead atoms. The van der Waals surface area contributed by atoms with Crippen LogP contribution in [0, 0.1) is 0 Å². The minimum atomic E-state index is -0.423. The first-order chi connectivity index (χ1) is 18.6. The van der Waals surface area contributed by atoms with Crippen LogP contribution in [-0.2, 0) is 17.9 Å². The number of ether oxygens (including phenoxy) is 2. The predicted octanol–water partition coefficient (Wildman–Crippen LogP) is 4.57. The zero-order valence-corrected chi connectivity index (χ0v) is 22.1. The number of nitrogens with zero attached hydrogens (tertiary/aromatic N) is 2. The van der Waals surface area contributed by atoms with E-state index in [0.29, 0.717) is 23.6 Å². The highest BCUT2D eigenvalue weighted by Crippen LogP contribution is 2.37. The molecule has 1 atom stereocenters. The molecule has 198 valence electrons. The summed E-state index contributed by atoms with van der Waals surface area (Å²) >= 11 is 0. The van der Waals surface area contributed by atoms with Gasteiger partial charge in [0.05, 0.1) is 26.7 Å². The van der Waals surface area contributed by atoms with Gasteiger partial charge in [0.1, 0.15) is 0 Å². The molecular weight excluding hydrogens is 478 g/mol. The Labute approximate surface area is 224 Å². The van der Waals surface area contributed by atoms with Crippen LogP contribution in [0.3, 0.4) is 0 Å². The second kappa shape index (κ2) is 11.7. The molecule has 2 heterocycles. The van der Waals surface area contributed by atoms with Gasteiger partial charge in [-0.05, 0) is 47.7 Å². The van der Waals surface area contributed by atoms with Crippen LogP contribution < -0.4 is 14.8 Å². The van der Waals surface area contributed by atoms with Crippen LogP contribution in [0.1, 0.15) is 52.4 Å². The van der Waals surface area contributed by atoms with Gasteiger partial charge in [-0.2, -0.15) is 0 Å². The predicted molar refractivity (Wildman–Crippen MR) is 146 cm³/mol. The number of carbonyl (C=O) groups excluding carboxylic acids is 2. The van der Waals surface area contributed by atoms with Gasteiger partial charge in [-0.1, -0.05) is 54.6 Å². The van der Waals surface area contributed by atoms with Gasteiger partial charge in [0.2, 0.25) is 5.91 Å². The van der Waals surface area contributed by atoms with E-state index < -0.39 is 6.04 Å². The van der Waals surface area contributed by atoms with Crippen molar-refractivity contribution >= 4 is 11.8 Å². The fraction of sp³-hybridized carbons (Fsp3) is 0.355. The molecule has 3 aromatic rings. The third kappa shape index (κ3) is 5.68. The van der Waals surface area contributed by atoms with Crippen LogP contribution in [0.2, 0.25) is 0 Å². The zero-order chi connectivity index (χ0) is 26.5. The van der Waals surface area contributed by atoms with Crippen LogP contribution in [-0.4, -0.2) is 55.0 Å². The van der Waals surface area contributed by atoms with E-state index in [0.717, 1.165) is 43.6 Å². The quantitative estimate of drug-likeness (QED) is 0.454. The number of carbonyl (C=O) groups is 2. The van der Waals surface area contributed by atoms with Crippen LogP contribution in [0.25, 0.3) is 0 Å². The first kappa shape index (κ1) is 25.8. The standard InChI is InChI=1S/C31H35N3O4/c1-37-28-13-12-23(18-29(28)38-2)27(34-21-24-10-6-7-11-26(24)31(34)36)19-30(35)32-25-14-16-33(17-15-25)20-22-8-4-3-5-9-22/h3-13,18,25,27H,14-17,19-21H2,1-2H3,(H,32,35). The second-order valence-electron chi connectivity index (χ2n) is 10.0. The van der Waals surface area contributed by atoms with Crippen molar-refractivity contribution in [2.45, 2.75) is 44.4 Å². The molecule has 1 unspecified atom stereocenters. The average Bonchev–Trinajstić information content (AvgIpc) is 3.29. The molecule has 2 aliphatic rings. The summed E-state index contributed by atoms with van der Waals surface area (Å²) in [5, 5.41) is 3.25. The van der Waals surface area contributed by atoms with Crippen LogP contribution in [0.15, 0.2) is 72.8 Å². The number of rotatable bonds is 9. The molecule has 1 saturated heterocycles.